The Hall–Kier alpha value is -2.11. The Labute approximate surface area is 127 Å². The van der Waals surface area contributed by atoms with Gasteiger partial charge in [-0.05, 0) is 42.8 Å². The minimum atomic E-state index is -0.445. The number of rotatable bonds is 6. The van der Waals surface area contributed by atoms with Gasteiger partial charge < -0.3 is 10.5 Å². The first kappa shape index (κ1) is 15.3. The summed E-state index contributed by atoms with van der Waals surface area (Å²) in [6.45, 7) is 0.645. The zero-order chi connectivity index (χ0) is 15.2. The average molecular weight is 307 g/mol. The molecule has 2 aromatic carbocycles. The quantitative estimate of drug-likeness (QED) is 0.656. The van der Waals surface area contributed by atoms with Crippen LogP contribution in [0.15, 0.2) is 42.5 Å². The number of ether oxygens (including phenoxy) is 1. The smallest absolute Gasteiger partial charge is 0.276 e. The molecule has 0 saturated heterocycles. The van der Waals surface area contributed by atoms with Crippen molar-refractivity contribution in [3.63, 3.8) is 0 Å². The second-order valence-corrected chi connectivity index (χ2v) is 4.94. The van der Waals surface area contributed by atoms with Gasteiger partial charge in [0.25, 0.3) is 5.69 Å². The van der Waals surface area contributed by atoms with Gasteiger partial charge in [-0.2, -0.15) is 0 Å². The lowest BCUT2D eigenvalue weighted by Crippen LogP contribution is -2.03. The molecule has 21 heavy (non-hydrogen) atoms. The maximum absolute atomic E-state index is 11.0. The van der Waals surface area contributed by atoms with Crippen LogP contribution in [0.2, 0.25) is 5.02 Å². The molecule has 0 bridgehead atoms. The van der Waals surface area contributed by atoms with E-state index in [-0.39, 0.29) is 12.3 Å². The van der Waals surface area contributed by atoms with Gasteiger partial charge in [-0.25, -0.2) is 0 Å². The third-order valence-corrected chi connectivity index (χ3v) is 3.20. The van der Waals surface area contributed by atoms with E-state index in [0.29, 0.717) is 22.9 Å². The summed E-state index contributed by atoms with van der Waals surface area (Å²) in [5.41, 5.74) is 7.02. The van der Waals surface area contributed by atoms with Crippen molar-refractivity contribution in [3.8, 4) is 5.75 Å². The van der Waals surface area contributed by atoms with Gasteiger partial charge in [0.1, 0.15) is 12.4 Å². The Morgan fingerprint density at radius 3 is 2.76 bits per heavy atom. The van der Waals surface area contributed by atoms with Crippen LogP contribution in [0.3, 0.4) is 0 Å². The van der Waals surface area contributed by atoms with Crippen molar-refractivity contribution in [3.05, 3.63) is 68.7 Å². The second-order valence-electron chi connectivity index (χ2n) is 4.50. The molecule has 5 nitrogen and oxygen atoms in total. The molecule has 0 aliphatic rings. The van der Waals surface area contributed by atoms with Crippen LogP contribution < -0.4 is 10.5 Å². The summed E-state index contributed by atoms with van der Waals surface area (Å²) < 4.78 is 5.62. The molecular weight excluding hydrogens is 292 g/mol. The standard InChI is InChI=1S/C15H15ClN2O3/c16-13-4-5-15(18(19)20)12(9-13)10-21-14-3-1-2-11(8-14)6-7-17/h1-5,8-9H,6-7,10,17H2. The van der Waals surface area contributed by atoms with Gasteiger partial charge in [0.15, 0.2) is 0 Å². The maximum Gasteiger partial charge on any atom is 0.276 e. The van der Waals surface area contributed by atoms with Crippen molar-refractivity contribution in [2.45, 2.75) is 13.0 Å². The molecule has 0 amide bonds. The molecule has 6 heteroatoms. The van der Waals surface area contributed by atoms with Crippen molar-refractivity contribution in [1.82, 2.24) is 0 Å². The van der Waals surface area contributed by atoms with Gasteiger partial charge in [0, 0.05) is 11.1 Å². The lowest BCUT2D eigenvalue weighted by atomic mass is 10.1. The third-order valence-electron chi connectivity index (χ3n) is 2.96. The summed E-state index contributed by atoms with van der Waals surface area (Å²) >= 11 is 5.88. The Morgan fingerprint density at radius 2 is 2.05 bits per heavy atom. The van der Waals surface area contributed by atoms with Crippen LogP contribution in [0, 0.1) is 10.1 Å². The molecule has 0 heterocycles. The Morgan fingerprint density at radius 1 is 1.24 bits per heavy atom. The number of hydrogen-bond acceptors (Lipinski definition) is 4. The van der Waals surface area contributed by atoms with Crippen molar-refractivity contribution in [2.24, 2.45) is 5.73 Å². The van der Waals surface area contributed by atoms with E-state index in [1.807, 2.05) is 18.2 Å². The maximum atomic E-state index is 11.0. The SMILES string of the molecule is NCCc1cccc(OCc2cc(Cl)ccc2[N+](=O)[O-])c1. The second kappa shape index (κ2) is 7.06. The van der Waals surface area contributed by atoms with Crippen LogP contribution in [-0.4, -0.2) is 11.5 Å². The number of nitrogens with two attached hydrogens (primary N) is 1. The van der Waals surface area contributed by atoms with Crippen molar-refractivity contribution in [1.29, 1.82) is 0 Å². The minimum absolute atomic E-state index is 0.00230. The van der Waals surface area contributed by atoms with Crippen LogP contribution in [0.5, 0.6) is 5.75 Å². The normalized spacial score (nSPS) is 10.4. The molecule has 0 saturated carbocycles. The van der Waals surface area contributed by atoms with Crippen LogP contribution >= 0.6 is 11.6 Å². The minimum Gasteiger partial charge on any atom is -0.489 e. The Bertz CT molecular complexity index is 647. The van der Waals surface area contributed by atoms with E-state index in [9.17, 15) is 10.1 Å². The van der Waals surface area contributed by atoms with E-state index in [2.05, 4.69) is 0 Å². The first-order valence-electron chi connectivity index (χ1n) is 6.45. The molecule has 2 N–H and O–H groups in total. The average Bonchev–Trinajstić information content (AvgIpc) is 2.45. The zero-order valence-corrected chi connectivity index (χ0v) is 12.0. The molecule has 110 valence electrons. The number of hydrogen-bond donors (Lipinski definition) is 1. The van der Waals surface area contributed by atoms with E-state index in [1.54, 1.807) is 12.1 Å². The monoisotopic (exact) mass is 306 g/mol. The molecule has 0 atom stereocenters. The van der Waals surface area contributed by atoms with E-state index >= 15 is 0 Å². The molecule has 0 aliphatic carbocycles. The molecular formula is C15H15ClN2O3. The summed E-state index contributed by atoms with van der Waals surface area (Å²) in [7, 11) is 0. The largest absolute Gasteiger partial charge is 0.489 e. The van der Waals surface area contributed by atoms with Crippen LogP contribution in [0.4, 0.5) is 5.69 Å². The molecule has 2 rings (SSSR count). The molecule has 0 aliphatic heterocycles. The molecule has 0 spiro atoms. The van der Waals surface area contributed by atoms with E-state index in [1.165, 1.54) is 12.1 Å². The zero-order valence-electron chi connectivity index (χ0n) is 11.3. The number of nitro groups is 1. The van der Waals surface area contributed by atoms with Gasteiger partial charge in [-0.3, -0.25) is 10.1 Å². The van der Waals surface area contributed by atoms with Crippen LogP contribution in [0.1, 0.15) is 11.1 Å². The van der Waals surface area contributed by atoms with Crippen molar-refractivity contribution < 1.29 is 9.66 Å². The number of halogens is 1. The highest BCUT2D eigenvalue weighted by atomic mass is 35.5. The molecule has 2 aromatic rings. The van der Waals surface area contributed by atoms with Crippen molar-refractivity contribution >= 4 is 17.3 Å². The Balaban J connectivity index is 2.14. The fourth-order valence-electron chi connectivity index (χ4n) is 1.97. The van der Waals surface area contributed by atoms with Crippen LogP contribution in [0.25, 0.3) is 0 Å². The highest BCUT2D eigenvalue weighted by molar-refractivity contribution is 6.30. The lowest BCUT2D eigenvalue weighted by Gasteiger charge is -2.08. The molecule has 0 fully saturated rings. The van der Waals surface area contributed by atoms with Gasteiger partial charge >= 0.3 is 0 Å². The lowest BCUT2D eigenvalue weighted by molar-refractivity contribution is -0.385. The summed E-state index contributed by atoms with van der Waals surface area (Å²) in [5, 5.41) is 11.4. The third kappa shape index (κ3) is 4.18. The fourth-order valence-corrected chi connectivity index (χ4v) is 2.16. The van der Waals surface area contributed by atoms with Gasteiger partial charge in [-0.15, -0.1) is 0 Å². The number of benzene rings is 2. The van der Waals surface area contributed by atoms with Crippen LogP contribution in [-0.2, 0) is 13.0 Å². The highest BCUT2D eigenvalue weighted by Gasteiger charge is 2.14. The summed E-state index contributed by atoms with van der Waals surface area (Å²) in [4.78, 5) is 10.5. The van der Waals surface area contributed by atoms with E-state index < -0.39 is 4.92 Å². The topological polar surface area (TPSA) is 78.4 Å². The Kier molecular flexibility index (Phi) is 5.14. The van der Waals surface area contributed by atoms with Gasteiger partial charge in [0.2, 0.25) is 0 Å². The van der Waals surface area contributed by atoms with Crippen molar-refractivity contribution in [2.75, 3.05) is 6.54 Å². The summed E-state index contributed by atoms with van der Waals surface area (Å²) in [5.74, 6) is 0.648. The van der Waals surface area contributed by atoms with E-state index in [4.69, 9.17) is 22.1 Å². The van der Waals surface area contributed by atoms with Gasteiger partial charge in [0.05, 0.1) is 10.5 Å². The molecule has 0 radical (unpaired) electrons. The van der Waals surface area contributed by atoms with E-state index in [0.717, 1.165) is 12.0 Å². The summed E-state index contributed by atoms with van der Waals surface area (Å²) in [6, 6.07) is 11.9. The number of nitrogens with zero attached hydrogens (tertiary/aromatic N) is 1. The number of nitro benzene ring substituents is 1. The highest BCUT2D eigenvalue weighted by Crippen LogP contribution is 2.24. The summed E-state index contributed by atoms with van der Waals surface area (Å²) in [6.07, 6.45) is 0.758. The molecule has 0 aromatic heterocycles. The fraction of sp³-hybridized carbons (Fsp3) is 0.200. The molecule has 0 unspecified atom stereocenters. The predicted molar refractivity (Wildman–Crippen MR) is 81.6 cm³/mol. The first-order valence-corrected chi connectivity index (χ1v) is 6.82. The first-order chi connectivity index (χ1) is 10.1. The predicted octanol–water partition coefficient (Wildman–Crippen LogP) is 3.33. The van der Waals surface area contributed by atoms with Gasteiger partial charge in [-0.1, -0.05) is 23.7 Å².